The molecule has 10 heteroatoms. The Morgan fingerprint density at radius 1 is 0.886 bits per heavy atom. The number of rotatable bonds is 11. The number of esters is 3. The van der Waals surface area contributed by atoms with E-state index in [1.54, 1.807) is 33.8 Å². The van der Waals surface area contributed by atoms with E-state index in [9.17, 15) is 19.2 Å². The molecule has 0 aliphatic carbocycles. The monoisotopic (exact) mass is 495 g/mol. The van der Waals surface area contributed by atoms with Crippen molar-refractivity contribution in [2.24, 2.45) is 11.1 Å². The third-order valence-corrected chi connectivity index (χ3v) is 4.66. The maximum Gasteiger partial charge on any atom is 0.508 e. The third-order valence-electron chi connectivity index (χ3n) is 4.66. The minimum atomic E-state index is -1.05. The molecule has 1 rings (SSSR count). The second-order valence-corrected chi connectivity index (χ2v) is 9.31. The van der Waals surface area contributed by atoms with Crippen LogP contribution < -0.4 is 15.2 Å². The van der Waals surface area contributed by atoms with Crippen LogP contribution in [0.2, 0.25) is 0 Å². The zero-order chi connectivity index (χ0) is 26.8. The molecular formula is C25H37NO9. The largest absolute Gasteiger partial charge is 0.508 e. The van der Waals surface area contributed by atoms with Gasteiger partial charge in [-0.1, -0.05) is 40.7 Å². The van der Waals surface area contributed by atoms with Gasteiger partial charge in [0, 0.05) is 12.8 Å². The summed E-state index contributed by atoms with van der Waals surface area (Å²) in [5.41, 5.74) is 6.36. The Kier molecular flexibility index (Phi) is 11.7. The van der Waals surface area contributed by atoms with Crippen molar-refractivity contribution in [3.05, 3.63) is 23.8 Å². The first kappa shape index (κ1) is 29.9. The molecule has 0 saturated heterocycles. The number of nitrogens with two attached hydrogens (primary N) is 1. The minimum absolute atomic E-state index is 0.0564. The Balaban J connectivity index is 2.76. The zero-order valence-electron chi connectivity index (χ0n) is 21.5. The van der Waals surface area contributed by atoms with Crippen molar-refractivity contribution in [2.45, 2.75) is 86.0 Å². The van der Waals surface area contributed by atoms with Gasteiger partial charge < -0.3 is 29.4 Å². The van der Waals surface area contributed by atoms with Crippen LogP contribution >= 0.6 is 0 Å². The van der Waals surface area contributed by atoms with Crippen molar-refractivity contribution >= 4 is 24.1 Å². The topological polar surface area (TPSA) is 140 Å². The van der Waals surface area contributed by atoms with E-state index in [4.69, 9.17) is 29.4 Å². The summed E-state index contributed by atoms with van der Waals surface area (Å²) < 4.78 is 26.0. The lowest BCUT2D eigenvalue weighted by atomic mass is 9.99. The molecule has 0 heterocycles. The summed E-state index contributed by atoms with van der Waals surface area (Å²) in [6.07, 6.45) is -2.04. The van der Waals surface area contributed by atoms with E-state index in [1.165, 1.54) is 12.1 Å². The van der Waals surface area contributed by atoms with Crippen LogP contribution in [0.4, 0.5) is 4.79 Å². The van der Waals surface area contributed by atoms with E-state index in [0.717, 1.165) is 0 Å². The molecule has 35 heavy (non-hydrogen) atoms. The zero-order valence-corrected chi connectivity index (χ0v) is 21.5. The number of ether oxygens (including phenoxy) is 5. The average molecular weight is 496 g/mol. The van der Waals surface area contributed by atoms with E-state index < -0.39 is 42.3 Å². The Morgan fingerprint density at radius 3 is 1.97 bits per heavy atom. The van der Waals surface area contributed by atoms with Gasteiger partial charge in [-0.15, -0.1) is 0 Å². The lowest BCUT2D eigenvalue weighted by molar-refractivity contribution is -0.155. The molecular weight excluding hydrogens is 458 g/mol. The van der Waals surface area contributed by atoms with Crippen LogP contribution in [-0.2, 0) is 35.0 Å². The molecule has 3 atom stereocenters. The molecule has 2 N–H and O–H groups in total. The third kappa shape index (κ3) is 11.2. The van der Waals surface area contributed by atoms with E-state index in [1.807, 2.05) is 20.8 Å². The maximum absolute atomic E-state index is 12.5. The molecule has 0 aliphatic heterocycles. The molecule has 1 unspecified atom stereocenters. The van der Waals surface area contributed by atoms with Crippen LogP contribution in [0.3, 0.4) is 0 Å². The number of carbonyl (C=O) groups excluding carboxylic acids is 4. The highest BCUT2D eigenvalue weighted by Crippen LogP contribution is 2.30. The highest BCUT2D eigenvalue weighted by atomic mass is 16.7. The van der Waals surface area contributed by atoms with Crippen LogP contribution in [0.1, 0.15) is 66.9 Å². The molecule has 196 valence electrons. The normalized spacial score (nSPS) is 13.7. The summed E-state index contributed by atoms with van der Waals surface area (Å²) in [7, 11) is 0. The van der Waals surface area contributed by atoms with Gasteiger partial charge in [0.15, 0.2) is 11.5 Å². The summed E-state index contributed by atoms with van der Waals surface area (Å²) in [6.45, 7) is 12.3. The van der Waals surface area contributed by atoms with Crippen molar-refractivity contribution in [3.63, 3.8) is 0 Å². The van der Waals surface area contributed by atoms with Crippen LogP contribution in [0.5, 0.6) is 11.5 Å². The maximum atomic E-state index is 12.5. The second-order valence-electron chi connectivity index (χ2n) is 9.31. The van der Waals surface area contributed by atoms with Gasteiger partial charge in [0.05, 0.1) is 6.61 Å². The Bertz CT molecular complexity index is 891. The number of hydrogen-bond acceptors (Lipinski definition) is 10. The number of benzene rings is 1. The molecule has 0 amide bonds. The Morgan fingerprint density at radius 2 is 1.43 bits per heavy atom. The van der Waals surface area contributed by atoms with Gasteiger partial charge in [-0.2, -0.15) is 0 Å². The SMILES string of the molecule is CCC(=O)Oc1ccc(C[C@H](N)C(=O)O[C@@H](C)C(C)OC(=O)OCC(C)(C)C)cc1OC(=O)CC. The Hall–Kier alpha value is -3.14. The molecule has 0 aliphatic rings. The van der Waals surface area contributed by atoms with Crippen LogP contribution in [-0.4, -0.2) is 48.9 Å². The molecule has 1 aromatic rings. The molecule has 10 nitrogen and oxygen atoms in total. The average Bonchev–Trinajstić information content (AvgIpc) is 2.78. The minimum Gasteiger partial charge on any atom is -0.458 e. The highest BCUT2D eigenvalue weighted by molar-refractivity contribution is 5.77. The highest BCUT2D eigenvalue weighted by Gasteiger charge is 2.26. The van der Waals surface area contributed by atoms with E-state index in [0.29, 0.717) is 5.56 Å². The lowest BCUT2D eigenvalue weighted by Crippen LogP contribution is -2.39. The fourth-order valence-corrected chi connectivity index (χ4v) is 2.49. The first-order chi connectivity index (χ1) is 16.2. The van der Waals surface area contributed by atoms with Crippen LogP contribution in [0.25, 0.3) is 0 Å². The van der Waals surface area contributed by atoms with Crippen molar-refractivity contribution in [3.8, 4) is 11.5 Å². The molecule has 1 aromatic carbocycles. The predicted molar refractivity (Wildman–Crippen MR) is 127 cm³/mol. The first-order valence-electron chi connectivity index (χ1n) is 11.6. The van der Waals surface area contributed by atoms with E-state index in [-0.39, 0.29) is 42.8 Å². The van der Waals surface area contributed by atoms with Crippen molar-refractivity contribution < 1.29 is 42.9 Å². The van der Waals surface area contributed by atoms with E-state index >= 15 is 0 Å². The first-order valence-corrected chi connectivity index (χ1v) is 11.6. The molecule has 0 aromatic heterocycles. The summed E-state index contributed by atoms with van der Waals surface area (Å²) in [6, 6.07) is 3.52. The van der Waals surface area contributed by atoms with Crippen molar-refractivity contribution in [2.75, 3.05) is 6.61 Å². The fourth-order valence-electron chi connectivity index (χ4n) is 2.49. The second kappa shape index (κ2) is 13.7. The quantitative estimate of drug-likeness (QED) is 0.357. The summed E-state index contributed by atoms with van der Waals surface area (Å²) >= 11 is 0. The van der Waals surface area contributed by atoms with Gasteiger partial charge in [0.2, 0.25) is 0 Å². The Labute approximate surface area is 206 Å². The van der Waals surface area contributed by atoms with Gasteiger partial charge in [-0.3, -0.25) is 14.4 Å². The van der Waals surface area contributed by atoms with Crippen molar-refractivity contribution in [1.82, 2.24) is 0 Å². The van der Waals surface area contributed by atoms with Gasteiger partial charge in [0.25, 0.3) is 0 Å². The number of carbonyl (C=O) groups is 4. The molecule has 0 spiro atoms. The van der Waals surface area contributed by atoms with Crippen molar-refractivity contribution in [1.29, 1.82) is 0 Å². The van der Waals surface area contributed by atoms with Gasteiger partial charge in [-0.25, -0.2) is 4.79 Å². The lowest BCUT2D eigenvalue weighted by Gasteiger charge is -2.23. The smallest absolute Gasteiger partial charge is 0.458 e. The van der Waals surface area contributed by atoms with Crippen LogP contribution in [0, 0.1) is 5.41 Å². The summed E-state index contributed by atoms with van der Waals surface area (Å²) in [5, 5.41) is 0. The van der Waals surface area contributed by atoms with Gasteiger partial charge in [0.1, 0.15) is 18.2 Å². The molecule has 0 bridgehead atoms. The fraction of sp³-hybridized carbons (Fsp3) is 0.600. The number of hydrogen-bond donors (Lipinski definition) is 1. The van der Waals surface area contributed by atoms with Crippen LogP contribution in [0.15, 0.2) is 18.2 Å². The molecule has 0 saturated carbocycles. The predicted octanol–water partition coefficient (Wildman–Crippen LogP) is 3.71. The standard InChI is InChI=1S/C25H37NO9/c1-8-21(27)34-19-11-10-17(13-20(19)35-22(28)9-2)12-18(26)23(29)32-15(3)16(4)33-24(30)31-14-25(5,6)7/h10-11,13,15-16,18H,8-9,12,14,26H2,1-7H3/t15-,16?,18-/m0/s1. The van der Waals surface area contributed by atoms with Gasteiger partial charge >= 0.3 is 24.1 Å². The summed E-state index contributed by atoms with van der Waals surface area (Å²) in [4.78, 5) is 47.8. The molecule has 0 radical (unpaired) electrons. The van der Waals surface area contributed by atoms with E-state index in [2.05, 4.69) is 0 Å². The summed E-state index contributed by atoms with van der Waals surface area (Å²) in [5.74, 6) is -1.55. The molecule has 0 fully saturated rings. The van der Waals surface area contributed by atoms with Gasteiger partial charge in [-0.05, 0) is 43.4 Å².